The molecule has 2 aromatic rings. The van der Waals surface area contributed by atoms with E-state index in [4.69, 9.17) is 9.47 Å². The van der Waals surface area contributed by atoms with Crippen molar-refractivity contribution in [2.24, 2.45) is 5.92 Å². The standard InChI is InChI=1S/C18H21N3O3S/c22-18(15-11-25-20-19-15)21(9-13-5-2-1-3-6-13)10-14-7-4-8-16-17(14)24-12-23-16/h4,7-8,11,13H,1-3,5-6,9-10,12H2. The Morgan fingerprint density at radius 2 is 2.12 bits per heavy atom. The van der Waals surface area contributed by atoms with Crippen molar-refractivity contribution >= 4 is 17.4 Å². The Morgan fingerprint density at radius 1 is 1.24 bits per heavy atom. The average Bonchev–Trinajstić information content (AvgIpc) is 3.33. The van der Waals surface area contributed by atoms with Crippen LogP contribution in [0.4, 0.5) is 0 Å². The molecule has 0 bridgehead atoms. The number of carbonyl (C=O) groups is 1. The maximum Gasteiger partial charge on any atom is 0.275 e. The largest absolute Gasteiger partial charge is 0.454 e. The molecule has 1 fully saturated rings. The van der Waals surface area contributed by atoms with Crippen LogP contribution in [0.1, 0.15) is 48.2 Å². The normalized spacial score (nSPS) is 16.8. The molecule has 1 saturated carbocycles. The summed E-state index contributed by atoms with van der Waals surface area (Å²) in [4.78, 5) is 14.8. The summed E-state index contributed by atoms with van der Waals surface area (Å²) in [5.74, 6) is 1.99. The van der Waals surface area contributed by atoms with Crippen molar-refractivity contribution in [1.82, 2.24) is 14.5 Å². The van der Waals surface area contributed by atoms with Gasteiger partial charge >= 0.3 is 0 Å². The van der Waals surface area contributed by atoms with Crippen molar-refractivity contribution in [3.8, 4) is 11.5 Å². The first-order valence-corrected chi connectivity index (χ1v) is 9.59. The highest BCUT2D eigenvalue weighted by atomic mass is 32.1. The summed E-state index contributed by atoms with van der Waals surface area (Å²) in [5, 5.41) is 5.68. The topological polar surface area (TPSA) is 64.6 Å². The number of ether oxygens (including phenoxy) is 2. The van der Waals surface area contributed by atoms with E-state index in [0.29, 0.717) is 18.2 Å². The van der Waals surface area contributed by atoms with Gasteiger partial charge in [-0.05, 0) is 36.4 Å². The van der Waals surface area contributed by atoms with Crippen LogP contribution < -0.4 is 9.47 Å². The molecular weight excluding hydrogens is 338 g/mol. The lowest BCUT2D eigenvalue weighted by Gasteiger charge is -2.29. The second kappa shape index (κ2) is 7.39. The van der Waals surface area contributed by atoms with Gasteiger partial charge in [0, 0.05) is 24.0 Å². The molecule has 4 rings (SSSR count). The van der Waals surface area contributed by atoms with E-state index in [0.717, 1.165) is 23.6 Å². The molecule has 1 aromatic heterocycles. The maximum absolute atomic E-state index is 12.9. The van der Waals surface area contributed by atoms with Crippen molar-refractivity contribution in [3.05, 3.63) is 34.8 Å². The summed E-state index contributed by atoms with van der Waals surface area (Å²) >= 11 is 1.20. The van der Waals surface area contributed by atoms with Gasteiger partial charge in [-0.3, -0.25) is 4.79 Å². The Kier molecular flexibility index (Phi) is 4.83. The zero-order valence-electron chi connectivity index (χ0n) is 14.0. The third kappa shape index (κ3) is 3.61. The Bertz CT molecular complexity index is 729. The second-order valence-electron chi connectivity index (χ2n) is 6.63. The van der Waals surface area contributed by atoms with Gasteiger partial charge in [-0.25, -0.2) is 0 Å². The fourth-order valence-electron chi connectivity index (χ4n) is 3.64. The Labute approximate surface area is 150 Å². The zero-order valence-corrected chi connectivity index (χ0v) is 14.8. The summed E-state index contributed by atoms with van der Waals surface area (Å²) < 4.78 is 14.9. The molecule has 132 valence electrons. The fourth-order valence-corrected chi connectivity index (χ4v) is 4.07. The van der Waals surface area contributed by atoms with Gasteiger partial charge < -0.3 is 14.4 Å². The van der Waals surface area contributed by atoms with Gasteiger partial charge in [0.15, 0.2) is 17.2 Å². The van der Waals surface area contributed by atoms with Gasteiger partial charge in [0.2, 0.25) is 6.79 Å². The summed E-state index contributed by atoms with van der Waals surface area (Å²) in [7, 11) is 0. The summed E-state index contributed by atoms with van der Waals surface area (Å²) in [6.45, 7) is 1.49. The van der Waals surface area contributed by atoms with E-state index >= 15 is 0 Å². The van der Waals surface area contributed by atoms with Gasteiger partial charge in [0.05, 0.1) is 0 Å². The number of aromatic nitrogens is 2. The SMILES string of the molecule is O=C(c1csnn1)N(Cc1cccc2c1OCO2)CC1CCCCC1. The molecule has 0 N–H and O–H groups in total. The van der Waals surface area contributed by atoms with E-state index in [1.807, 2.05) is 23.1 Å². The number of nitrogens with zero attached hydrogens (tertiary/aromatic N) is 3. The van der Waals surface area contributed by atoms with Crippen molar-refractivity contribution in [3.63, 3.8) is 0 Å². The number of benzene rings is 1. The number of para-hydroxylation sites is 1. The van der Waals surface area contributed by atoms with Gasteiger partial charge in [-0.1, -0.05) is 35.9 Å². The van der Waals surface area contributed by atoms with E-state index in [2.05, 4.69) is 9.59 Å². The minimum Gasteiger partial charge on any atom is -0.454 e. The van der Waals surface area contributed by atoms with E-state index < -0.39 is 0 Å². The molecule has 2 heterocycles. The predicted octanol–water partition coefficient (Wildman–Crippen LogP) is 3.49. The van der Waals surface area contributed by atoms with Crippen LogP contribution >= 0.6 is 11.5 Å². The molecule has 7 heteroatoms. The molecular formula is C18H21N3O3S. The van der Waals surface area contributed by atoms with Crippen molar-refractivity contribution < 1.29 is 14.3 Å². The van der Waals surface area contributed by atoms with Crippen molar-refractivity contribution in [2.75, 3.05) is 13.3 Å². The van der Waals surface area contributed by atoms with E-state index in [1.54, 1.807) is 5.38 Å². The Morgan fingerprint density at radius 3 is 2.92 bits per heavy atom. The number of rotatable bonds is 5. The third-order valence-electron chi connectivity index (χ3n) is 4.91. The van der Waals surface area contributed by atoms with E-state index in [-0.39, 0.29) is 12.7 Å². The lowest BCUT2D eigenvalue weighted by molar-refractivity contribution is 0.0691. The van der Waals surface area contributed by atoms with E-state index in [9.17, 15) is 4.79 Å². The molecule has 0 spiro atoms. The summed E-state index contributed by atoms with van der Waals surface area (Å²) in [6.07, 6.45) is 6.18. The summed E-state index contributed by atoms with van der Waals surface area (Å²) in [6, 6.07) is 5.83. The Balaban J connectivity index is 1.56. The van der Waals surface area contributed by atoms with Gasteiger partial charge in [0.1, 0.15) is 0 Å². The molecule has 0 saturated heterocycles. The fraction of sp³-hybridized carbons (Fsp3) is 0.500. The van der Waals surface area contributed by atoms with Crippen molar-refractivity contribution in [1.29, 1.82) is 0 Å². The molecule has 1 aromatic carbocycles. The number of amides is 1. The number of fused-ring (bicyclic) bond motifs is 1. The van der Waals surface area contributed by atoms with Crippen LogP contribution in [0.25, 0.3) is 0 Å². The van der Waals surface area contributed by atoms with Crippen LogP contribution in [0.5, 0.6) is 11.5 Å². The molecule has 0 unspecified atom stereocenters. The highest BCUT2D eigenvalue weighted by Crippen LogP contribution is 2.36. The molecule has 1 aliphatic carbocycles. The average molecular weight is 359 g/mol. The van der Waals surface area contributed by atoms with Crippen LogP contribution in [-0.2, 0) is 6.54 Å². The molecule has 25 heavy (non-hydrogen) atoms. The molecule has 0 atom stereocenters. The lowest BCUT2D eigenvalue weighted by Crippen LogP contribution is -2.36. The van der Waals surface area contributed by atoms with Gasteiger partial charge in [-0.2, -0.15) is 0 Å². The minimum absolute atomic E-state index is 0.0594. The molecule has 1 aliphatic heterocycles. The lowest BCUT2D eigenvalue weighted by atomic mass is 9.89. The smallest absolute Gasteiger partial charge is 0.275 e. The van der Waals surface area contributed by atoms with Crippen LogP contribution in [-0.4, -0.2) is 33.7 Å². The second-order valence-corrected chi connectivity index (χ2v) is 7.24. The first-order chi connectivity index (χ1) is 12.3. The maximum atomic E-state index is 12.9. The quantitative estimate of drug-likeness (QED) is 0.818. The van der Waals surface area contributed by atoms with Gasteiger partial charge in [-0.15, -0.1) is 5.10 Å². The van der Waals surface area contributed by atoms with Crippen molar-refractivity contribution in [2.45, 2.75) is 38.6 Å². The van der Waals surface area contributed by atoms with Crippen LogP contribution in [0, 0.1) is 5.92 Å². The summed E-state index contributed by atoms with van der Waals surface area (Å²) in [5.41, 5.74) is 1.40. The molecule has 1 amide bonds. The minimum atomic E-state index is -0.0594. The highest BCUT2D eigenvalue weighted by Gasteiger charge is 2.26. The third-order valence-corrected chi connectivity index (χ3v) is 5.41. The highest BCUT2D eigenvalue weighted by molar-refractivity contribution is 7.03. The van der Waals surface area contributed by atoms with Gasteiger partial charge in [0.25, 0.3) is 5.91 Å². The Hall–Kier alpha value is -2.15. The molecule has 6 nitrogen and oxygen atoms in total. The monoisotopic (exact) mass is 359 g/mol. The number of hydrogen-bond acceptors (Lipinski definition) is 6. The van der Waals surface area contributed by atoms with Crippen LogP contribution in [0.3, 0.4) is 0 Å². The first kappa shape index (κ1) is 16.3. The zero-order chi connectivity index (χ0) is 17.1. The molecule has 0 radical (unpaired) electrons. The first-order valence-electron chi connectivity index (χ1n) is 8.75. The number of carbonyl (C=O) groups excluding carboxylic acids is 1. The number of hydrogen-bond donors (Lipinski definition) is 0. The van der Waals surface area contributed by atoms with E-state index in [1.165, 1.54) is 43.6 Å². The van der Waals surface area contributed by atoms with Crippen LogP contribution in [0.2, 0.25) is 0 Å². The molecule has 2 aliphatic rings. The predicted molar refractivity (Wildman–Crippen MR) is 93.8 cm³/mol. The van der Waals surface area contributed by atoms with Crippen LogP contribution in [0.15, 0.2) is 23.6 Å².